The van der Waals surface area contributed by atoms with Crippen LogP contribution in [0.3, 0.4) is 0 Å². The van der Waals surface area contributed by atoms with E-state index in [0.717, 1.165) is 16.7 Å². The van der Waals surface area contributed by atoms with Gasteiger partial charge in [0.25, 0.3) is 10.0 Å². The zero-order valence-corrected chi connectivity index (χ0v) is 15.1. The molecule has 4 aromatic rings. The van der Waals surface area contributed by atoms with Crippen molar-refractivity contribution < 1.29 is 8.42 Å². The Kier molecular flexibility index (Phi) is 4.14. The zero-order chi connectivity index (χ0) is 18.1. The van der Waals surface area contributed by atoms with Gasteiger partial charge in [-0.15, -0.1) is 0 Å². The molecular formula is C19H14ClN3O2S. The van der Waals surface area contributed by atoms with E-state index in [-0.39, 0.29) is 9.92 Å². The largest absolute Gasteiger partial charge is 0.299 e. The van der Waals surface area contributed by atoms with Crippen LogP contribution in [0.5, 0.6) is 0 Å². The number of imidazole rings is 1. The van der Waals surface area contributed by atoms with Crippen LogP contribution in [0.1, 0.15) is 0 Å². The minimum absolute atomic E-state index is 0.0475. The van der Waals surface area contributed by atoms with Crippen molar-refractivity contribution in [2.24, 2.45) is 0 Å². The lowest BCUT2D eigenvalue weighted by Gasteiger charge is -2.10. The molecule has 7 heteroatoms. The first kappa shape index (κ1) is 16.6. The first-order valence-electron chi connectivity index (χ1n) is 7.84. The first-order valence-corrected chi connectivity index (χ1v) is 9.70. The fraction of sp³-hybridized carbons (Fsp3) is 0. The number of rotatable bonds is 4. The van der Waals surface area contributed by atoms with Crippen molar-refractivity contribution in [3.8, 4) is 5.69 Å². The lowest BCUT2D eigenvalue weighted by Crippen LogP contribution is -2.13. The molecule has 0 radical (unpaired) electrons. The van der Waals surface area contributed by atoms with Gasteiger partial charge in [0.2, 0.25) is 0 Å². The van der Waals surface area contributed by atoms with E-state index in [9.17, 15) is 8.42 Å². The SMILES string of the molecule is O=S(=O)(Nc1ccc(-n2cnc3ccccc32)cc1)c1ccccc1Cl. The number of benzene rings is 3. The third-order valence-corrected chi connectivity index (χ3v) is 5.86. The van der Waals surface area contributed by atoms with Crippen molar-refractivity contribution in [1.29, 1.82) is 0 Å². The highest BCUT2D eigenvalue weighted by Crippen LogP contribution is 2.24. The van der Waals surface area contributed by atoms with Gasteiger partial charge in [-0.2, -0.15) is 0 Å². The summed E-state index contributed by atoms with van der Waals surface area (Å²) in [6.45, 7) is 0. The maximum Gasteiger partial charge on any atom is 0.263 e. The standard InChI is InChI=1S/C19H14ClN3O2S/c20-16-5-1-4-8-19(16)26(24,25)22-14-9-11-15(12-10-14)23-13-21-17-6-2-3-7-18(17)23/h1-13,22H. The van der Waals surface area contributed by atoms with Crippen molar-refractivity contribution in [2.75, 3.05) is 4.72 Å². The Bertz CT molecular complexity index is 1180. The van der Waals surface area contributed by atoms with E-state index in [1.807, 2.05) is 41.0 Å². The fourth-order valence-corrected chi connectivity index (χ4v) is 4.31. The lowest BCUT2D eigenvalue weighted by atomic mass is 10.2. The molecule has 0 unspecified atom stereocenters. The average molecular weight is 384 g/mol. The van der Waals surface area contributed by atoms with Gasteiger partial charge < -0.3 is 0 Å². The van der Waals surface area contributed by atoms with E-state index < -0.39 is 10.0 Å². The van der Waals surface area contributed by atoms with Crippen LogP contribution in [0.15, 0.2) is 84.0 Å². The van der Waals surface area contributed by atoms with Gasteiger partial charge in [-0.3, -0.25) is 9.29 Å². The normalized spacial score (nSPS) is 11.6. The van der Waals surface area contributed by atoms with E-state index in [2.05, 4.69) is 9.71 Å². The van der Waals surface area contributed by atoms with Gasteiger partial charge in [0.1, 0.15) is 11.2 Å². The number of hydrogen-bond acceptors (Lipinski definition) is 3. The van der Waals surface area contributed by atoms with Gasteiger partial charge in [0, 0.05) is 11.4 Å². The molecule has 0 aliphatic heterocycles. The molecule has 0 atom stereocenters. The highest BCUT2D eigenvalue weighted by Gasteiger charge is 2.17. The molecule has 26 heavy (non-hydrogen) atoms. The topological polar surface area (TPSA) is 64.0 Å². The number of sulfonamides is 1. The van der Waals surface area contributed by atoms with Crippen LogP contribution in [-0.2, 0) is 10.0 Å². The second-order valence-electron chi connectivity index (χ2n) is 5.69. The van der Waals surface area contributed by atoms with Crippen LogP contribution >= 0.6 is 11.6 Å². The van der Waals surface area contributed by atoms with Crippen molar-refractivity contribution in [1.82, 2.24) is 9.55 Å². The number of fused-ring (bicyclic) bond motifs is 1. The quantitative estimate of drug-likeness (QED) is 0.565. The van der Waals surface area contributed by atoms with Crippen LogP contribution in [-0.4, -0.2) is 18.0 Å². The second kappa shape index (κ2) is 6.48. The summed E-state index contributed by atoms with van der Waals surface area (Å²) in [5, 5.41) is 0.182. The fourth-order valence-electron chi connectivity index (χ4n) is 2.73. The molecule has 0 saturated heterocycles. The summed E-state index contributed by atoms with van der Waals surface area (Å²) in [7, 11) is -3.75. The highest BCUT2D eigenvalue weighted by atomic mass is 35.5. The Morgan fingerprint density at radius 2 is 1.58 bits per heavy atom. The number of aromatic nitrogens is 2. The van der Waals surface area contributed by atoms with E-state index in [1.54, 1.807) is 36.7 Å². The van der Waals surface area contributed by atoms with Crippen LogP contribution < -0.4 is 4.72 Å². The van der Waals surface area contributed by atoms with Crippen molar-refractivity contribution >= 4 is 38.3 Å². The number of nitrogens with zero attached hydrogens (tertiary/aromatic N) is 2. The molecule has 3 aromatic carbocycles. The average Bonchev–Trinajstić information content (AvgIpc) is 3.06. The van der Waals surface area contributed by atoms with Gasteiger partial charge in [-0.1, -0.05) is 35.9 Å². The maximum absolute atomic E-state index is 12.5. The van der Waals surface area contributed by atoms with Gasteiger partial charge in [0.15, 0.2) is 0 Å². The van der Waals surface area contributed by atoms with E-state index >= 15 is 0 Å². The number of para-hydroxylation sites is 2. The van der Waals surface area contributed by atoms with Crippen molar-refractivity contribution in [2.45, 2.75) is 4.90 Å². The molecule has 1 heterocycles. The number of halogens is 1. The molecule has 0 aliphatic carbocycles. The van der Waals surface area contributed by atoms with Gasteiger partial charge in [0.05, 0.1) is 16.1 Å². The maximum atomic E-state index is 12.5. The molecular weight excluding hydrogens is 370 g/mol. The Morgan fingerprint density at radius 3 is 2.35 bits per heavy atom. The molecule has 0 bridgehead atoms. The summed E-state index contributed by atoms with van der Waals surface area (Å²) < 4.78 is 29.5. The molecule has 0 amide bonds. The summed E-state index contributed by atoms with van der Waals surface area (Å²) in [4.78, 5) is 4.41. The Morgan fingerprint density at radius 1 is 0.885 bits per heavy atom. The van der Waals surface area contributed by atoms with E-state index in [4.69, 9.17) is 11.6 Å². The minimum Gasteiger partial charge on any atom is -0.299 e. The van der Waals surface area contributed by atoms with Gasteiger partial charge >= 0.3 is 0 Å². The van der Waals surface area contributed by atoms with Crippen molar-refractivity contribution in [3.05, 3.63) is 84.1 Å². The molecule has 4 rings (SSSR count). The summed E-state index contributed by atoms with van der Waals surface area (Å²) in [5.74, 6) is 0. The predicted molar refractivity (Wildman–Crippen MR) is 103 cm³/mol. The van der Waals surface area contributed by atoms with Crippen LogP contribution in [0, 0.1) is 0 Å². The molecule has 5 nitrogen and oxygen atoms in total. The third-order valence-electron chi connectivity index (χ3n) is 3.98. The molecule has 0 fully saturated rings. The first-order chi connectivity index (χ1) is 12.5. The summed E-state index contributed by atoms with van der Waals surface area (Å²) in [6.07, 6.45) is 1.74. The Labute approximate surface area is 155 Å². The Hall–Kier alpha value is -2.83. The van der Waals surface area contributed by atoms with Crippen LogP contribution in [0.25, 0.3) is 16.7 Å². The summed E-state index contributed by atoms with van der Waals surface area (Å²) in [6, 6.07) is 21.2. The lowest BCUT2D eigenvalue weighted by molar-refractivity contribution is 0.601. The predicted octanol–water partition coefficient (Wildman–Crippen LogP) is 4.48. The number of nitrogens with one attached hydrogen (secondary N) is 1. The third kappa shape index (κ3) is 3.05. The summed E-state index contributed by atoms with van der Waals surface area (Å²) >= 11 is 5.99. The highest BCUT2D eigenvalue weighted by molar-refractivity contribution is 7.92. The zero-order valence-electron chi connectivity index (χ0n) is 13.5. The number of hydrogen-bond donors (Lipinski definition) is 1. The summed E-state index contributed by atoms with van der Waals surface area (Å²) in [5.41, 5.74) is 3.23. The smallest absolute Gasteiger partial charge is 0.263 e. The number of anilines is 1. The van der Waals surface area contributed by atoms with Crippen LogP contribution in [0.2, 0.25) is 5.02 Å². The van der Waals surface area contributed by atoms with E-state index in [1.165, 1.54) is 6.07 Å². The molecule has 0 aliphatic rings. The second-order valence-corrected chi connectivity index (χ2v) is 7.74. The van der Waals surface area contributed by atoms with Gasteiger partial charge in [-0.05, 0) is 48.5 Å². The van der Waals surface area contributed by atoms with Crippen LogP contribution in [0.4, 0.5) is 5.69 Å². The van der Waals surface area contributed by atoms with Gasteiger partial charge in [-0.25, -0.2) is 13.4 Å². The molecule has 1 aromatic heterocycles. The van der Waals surface area contributed by atoms with Crippen molar-refractivity contribution in [3.63, 3.8) is 0 Å². The molecule has 1 N–H and O–H groups in total. The molecule has 0 saturated carbocycles. The Balaban J connectivity index is 1.63. The van der Waals surface area contributed by atoms with E-state index in [0.29, 0.717) is 5.69 Å². The molecule has 0 spiro atoms. The minimum atomic E-state index is -3.75. The molecule has 130 valence electrons. The monoisotopic (exact) mass is 383 g/mol.